The molecule has 0 aliphatic heterocycles. The summed E-state index contributed by atoms with van der Waals surface area (Å²) in [6.45, 7) is 0.706. The monoisotopic (exact) mass is 394 g/mol. The van der Waals surface area contributed by atoms with Gasteiger partial charge in [0.05, 0.1) is 0 Å². The highest BCUT2D eigenvalue weighted by molar-refractivity contribution is 7.99. The third-order valence-corrected chi connectivity index (χ3v) is 5.68. The lowest BCUT2D eigenvalue weighted by atomic mass is 10.2. The second-order valence-electron chi connectivity index (χ2n) is 6.64. The van der Waals surface area contributed by atoms with Crippen molar-refractivity contribution in [1.29, 1.82) is 0 Å². The molecule has 0 aliphatic carbocycles. The first kappa shape index (κ1) is 17.6. The SMILES string of the molecule is c1ccc(Cn2c(-c3ccccc3)nc3ncnc(Sc4ccccc4)c32)cc1. The van der Waals surface area contributed by atoms with Gasteiger partial charge in [0, 0.05) is 17.0 Å². The van der Waals surface area contributed by atoms with Crippen molar-refractivity contribution in [3.05, 3.63) is 103 Å². The van der Waals surface area contributed by atoms with Gasteiger partial charge in [0.25, 0.3) is 0 Å². The number of hydrogen-bond acceptors (Lipinski definition) is 4. The predicted octanol–water partition coefficient (Wildman–Crippen LogP) is 5.69. The van der Waals surface area contributed by atoms with E-state index in [-0.39, 0.29) is 0 Å². The van der Waals surface area contributed by atoms with Crippen LogP contribution < -0.4 is 0 Å². The number of aromatic nitrogens is 4. The first-order chi connectivity index (χ1) is 14.4. The molecular weight excluding hydrogens is 376 g/mol. The highest BCUT2D eigenvalue weighted by Gasteiger charge is 2.18. The molecule has 0 amide bonds. The van der Waals surface area contributed by atoms with Gasteiger partial charge in [-0.05, 0) is 17.7 Å². The third kappa shape index (κ3) is 3.65. The summed E-state index contributed by atoms with van der Waals surface area (Å²) < 4.78 is 2.23. The largest absolute Gasteiger partial charge is 0.316 e. The average molecular weight is 395 g/mol. The lowest BCUT2D eigenvalue weighted by molar-refractivity contribution is 0.822. The first-order valence-corrected chi connectivity index (χ1v) is 10.2. The fourth-order valence-corrected chi connectivity index (χ4v) is 4.26. The minimum atomic E-state index is 0.706. The van der Waals surface area contributed by atoms with Gasteiger partial charge in [-0.3, -0.25) is 0 Å². The molecule has 0 fully saturated rings. The Morgan fingerprint density at radius 3 is 2.10 bits per heavy atom. The Labute approximate surface area is 173 Å². The van der Waals surface area contributed by atoms with E-state index >= 15 is 0 Å². The Balaban J connectivity index is 1.70. The predicted molar refractivity (Wildman–Crippen MR) is 117 cm³/mol. The molecule has 140 valence electrons. The van der Waals surface area contributed by atoms with Crippen LogP contribution in [0.25, 0.3) is 22.6 Å². The van der Waals surface area contributed by atoms with Gasteiger partial charge in [-0.2, -0.15) is 0 Å². The van der Waals surface area contributed by atoms with Gasteiger partial charge < -0.3 is 4.57 Å². The van der Waals surface area contributed by atoms with Crippen molar-refractivity contribution in [2.45, 2.75) is 16.5 Å². The fraction of sp³-hybridized carbons (Fsp3) is 0.0417. The molecule has 0 unspecified atom stereocenters. The van der Waals surface area contributed by atoms with Crippen LogP contribution >= 0.6 is 11.8 Å². The van der Waals surface area contributed by atoms with E-state index < -0.39 is 0 Å². The zero-order valence-electron chi connectivity index (χ0n) is 15.6. The van der Waals surface area contributed by atoms with E-state index in [0.29, 0.717) is 12.2 Å². The zero-order chi connectivity index (χ0) is 19.5. The molecule has 5 rings (SSSR count). The van der Waals surface area contributed by atoms with Gasteiger partial charge in [0.1, 0.15) is 22.7 Å². The van der Waals surface area contributed by atoms with Gasteiger partial charge in [-0.15, -0.1) is 0 Å². The Kier molecular flexibility index (Phi) is 4.80. The Morgan fingerprint density at radius 2 is 1.38 bits per heavy atom. The fourth-order valence-electron chi connectivity index (χ4n) is 3.34. The van der Waals surface area contributed by atoms with Crippen LogP contribution in [0.2, 0.25) is 0 Å². The molecule has 0 radical (unpaired) electrons. The van der Waals surface area contributed by atoms with E-state index in [4.69, 9.17) is 4.98 Å². The average Bonchev–Trinajstić information content (AvgIpc) is 3.15. The molecule has 2 aromatic heterocycles. The Morgan fingerprint density at radius 1 is 0.724 bits per heavy atom. The number of imidazole rings is 1. The molecule has 0 N–H and O–H groups in total. The number of benzene rings is 3. The quantitative estimate of drug-likeness (QED) is 0.359. The van der Waals surface area contributed by atoms with Crippen molar-refractivity contribution in [2.75, 3.05) is 0 Å². The van der Waals surface area contributed by atoms with Gasteiger partial charge in [-0.1, -0.05) is 90.6 Å². The molecule has 0 saturated heterocycles. The van der Waals surface area contributed by atoms with Crippen LogP contribution in [0.3, 0.4) is 0 Å². The summed E-state index contributed by atoms with van der Waals surface area (Å²) in [7, 11) is 0. The van der Waals surface area contributed by atoms with Gasteiger partial charge in [0.2, 0.25) is 0 Å². The van der Waals surface area contributed by atoms with Crippen LogP contribution in [-0.2, 0) is 6.54 Å². The van der Waals surface area contributed by atoms with E-state index in [2.05, 4.69) is 63.1 Å². The normalized spacial score (nSPS) is 11.0. The summed E-state index contributed by atoms with van der Waals surface area (Å²) in [5.41, 5.74) is 3.96. The minimum Gasteiger partial charge on any atom is -0.316 e. The molecule has 3 aromatic carbocycles. The minimum absolute atomic E-state index is 0.706. The van der Waals surface area contributed by atoms with Crippen LogP contribution in [0.4, 0.5) is 0 Å². The number of hydrogen-bond donors (Lipinski definition) is 0. The second kappa shape index (κ2) is 7.89. The maximum absolute atomic E-state index is 4.88. The van der Waals surface area contributed by atoms with E-state index in [1.165, 1.54) is 5.56 Å². The lowest BCUT2D eigenvalue weighted by Gasteiger charge is -2.11. The van der Waals surface area contributed by atoms with Gasteiger partial charge in [-0.25, -0.2) is 15.0 Å². The van der Waals surface area contributed by atoms with Crippen molar-refractivity contribution in [3.63, 3.8) is 0 Å². The van der Waals surface area contributed by atoms with E-state index in [0.717, 1.165) is 26.8 Å². The molecule has 0 saturated carbocycles. The molecular formula is C24H18N4S. The Bertz CT molecular complexity index is 1240. The number of nitrogens with zero attached hydrogens (tertiary/aromatic N) is 4. The molecule has 4 nitrogen and oxygen atoms in total. The molecule has 0 aliphatic rings. The van der Waals surface area contributed by atoms with Crippen LogP contribution in [-0.4, -0.2) is 19.5 Å². The van der Waals surface area contributed by atoms with Gasteiger partial charge >= 0.3 is 0 Å². The second-order valence-corrected chi connectivity index (χ2v) is 7.70. The summed E-state index contributed by atoms with van der Waals surface area (Å²) in [6.07, 6.45) is 1.60. The smallest absolute Gasteiger partial charge is 0.182 e. The van der Waals surface area contributed by atoms with Crippen molar-refractivity contribution >= 4 is 22.9 Å². The highest BCUT2D eigenvalue weighted by Crippen LogP contribution is 2.34. The molecule has 0 spiro atoms. The molecule has 0 bridgehead atoms. The summed E-state index contributed by atoms with van der Waals surface area (Å²) in [6, 6.07) is 31.0. The summed E-state index contributed by atoms with van der Waals surface area (Å²) >= 11 is 1.64. The van der Waals surface area contributed by atoms with Gasteiger partial charge in [0.15, 0.2) is 5.65 Å². The summed E-state index contributed by atoms with van der Waals surface area (Å²) in [5, 5.41) is 0.909. The van der Waals surface area contributed by atoms with Crippen molar-refractivity contribution in [2.24, 2.45) is 0 Å². The zero-order valence-corrected chi connectivity index (χ0v) is 16.5. The third-order valence-electron chi connectivity index (χ3n) is 4.68. The maximum atomic E-state index is 4.88. The number of fused-ring (bicyclic) bond motifs is 1. The summed E-state index contributed by atoms with van der Waals surface area (Å²) in [5.74, 6) is 0.903. The maximum Gasteiger partial charge on any atom is 0.182 e. The van der Waals surface area contributed by atoms with E-state index in [1.807, 2.05) is 42.5 Å². The molecule has 5 aromatic rings. The molecule has 29 heavy (non-hydrogen) atoms. The van der Waals surface area contributed by atoms with E-state index in [9.17, 15) is 0 Å². The van der Waals surface area contributed by atoms with E-state index in [1.54, 1.807) is 18.1 Å². The lowest BCUT2D eigenvalue weighted by Crippen LogP contribution is -2.03. The standard InChI is InChI=1S/C24H18N4S/c1-4-10-18(11-5-1)16-28-21-22(27-23(28)19-12-6-2-7-13-19)25-17-26-24(21)29-20-14-8-3-9-15-20/h1-15,17H,16H2. The van der Waals surface area contributed by atoms with Crippen LogP contribution in [0.1, 0.15) is 5.56 Å². The molecule has 0 atom stereocenters. The molecule has 2 heterocycles. The van der Waals surface area contributed by atoms with Crippen molar-refractivity contribution < 1.29 is 0 Å². The summed E-state index contributed by atoms with van der Waals surface area (Å²) in [4.78, 5) is 15.1. The van der Waals surface area contributed by atoms with Crippen LogP contribution in [0, 0.1) is 0 Å². The first-order valence-electron chi connectivity index (χ1n) is 9.42. The topological polar surface area (TPSA) is 43.6 Å². The van der Waals surface area contributed by atoms with Crippen molar-refractivity contribution in [1.82, 2.24) is 19.5 Å². The van der Waals surface area contributed by atoms with Crippen LogP contribution in [0.15, 0.2) is 107 Å². The highest BCUT2D eigenvalue weighted by atomic mass is 32.2. The number of rotatable bonds is 5. The van der Waals surface area contributed by atoms with Crippen molar-refractivity contribution in [3.8, 4) is 11.4 Å². The van der Waals surface area contributed by atoms with Crippen LogP contribution in [0.5, 0.6) is 0 Å². The molecule has 5 heteroatoms. The Hall–Kier alpha value is -3.44.